The molecular formula is C22H20N6O. The van der Waals surface area contributed by atoms with Gasteiger partial charge in [0.15, 0.2) is 5.82 Å². The van der Waals surface area contributed by atoms with Crippen molar-refractivity contribution in [3.05, 3.63) is 71.9 Å². The molecule has 1 aromatic carbocycles. The number of benzene rings is 1. The van der Waals surface area contributed by atoms with Gasteiger partial charge >= 0.3 is 0 Å². The monoisotopic (exact) mass is 384 g/mol. The first-order chi connectivity index (χ1) is 14.1. The van der Waals surface area contributed by atoms with Crippen molar-refractivity contribution in [2.45, 2.75) is 31.6 Å². The largest absolute Gasteiger partial charge is 0.368 e. The number of nitrogens with two attached hydrogens (primary N) is 1. The Hall–Kier alpha value is -3.61. The van der Waals surface area contributed by atoms with E-state index in [1.54, 1.807) is 12.4 Å². The first-order valence-corrected chi connectivity index (χ1v) is 9.60. The molecule has 0 radical (unpaired) electrons. The molecule has 0 aliphatic heterocycles. The Morgan fingerprint density at radius 2 is 1.79 bits per heavy atom. The standard InChI is InChI=1S/C22H20N6O/c1-14-4-2-5-15(10-14)19-27-20(28-29-19)22(8-3-9-22)17-6-7-18(24-13-17)16-11-25-21(23)26-12-16/h2,4-7,10-13H,3,8-9H2,1H3,(H2,23,25,26). The molecule has 0 atom stereocenters. The molecule has 3 heterocycles. The van der Waals surface area contributed by atoms with Crippen LogP contribution in [0.2, 0.25) is 0 Å². The van der Waals surface area contributed by atoms with Crippen molar-refractivity contribution < 1.29 is 4.52 Å². The number of aromatic nitrogens is 5. The number of hydrogen-bond acceptors (Lipinski definition) is 7. The summed E-state index contributed by atoms with van der Waals surface area (Å²) in [5, 5.41) is 4.34. The van der Waals surface area contributed by atoms with Crippen molar-refractivity contribution in [2.75, 3.05) is 5.73 Å². The van der Waals surface area contributed by atoms with Crippen molar-refractivity contribution in [1.29, 1.82) is 0 Å². The van der Waals surface area contributed by atoms with Crippen molar-refractivity contribution in [3.8, 4) is 22.7 Å². The predicted octanol–water partition coefficient (Wildman–Crippen LogP) is 3.95. The van der Waals surface area contributed by atoms with Crippen molar-refractivity contribution in [2.24, 2.45) is 0 Å². The van der Waals surface area contributed by atoms with Crippen LogP contribution in [0.15, 0.2) is 59.5 Å². The first kappa shape index (κ1) is 17.5. The molecule has 0 unspecified atom stereocenters. The number of aryl methyl sites for hydroxylation is 1. The van der Waals surface area contributed by atoms with E-state index in [0.717, 1.165) is 53.0 Å². The second kappa shape index (κ2) is 6.77. The van der Waals surface area contributed by atoms with Crippen LogP contribution in [0.4, 0.5) is 5.95 Å². The van der Waals surface area contributed by atoms with Gasteiger partial charge < -0.3 is 10.3 Å². The molecule has 4 aromatic rings. The molecule has 0 bridgehead atoms. The maximum absolute atomic E-state index is 5.60. The minimum Gasteiger partial charge on any atom is -0.368 e. The molecule has 1 aliphatic carbocycles. The number of nitrogens with zero attached hydrogens (tertiary/aromatic N) is 5. The number of hydrogen-bond donors (Lipinski definition) is 1. The molecule has 2 N–H and O–H groups in total. The summed E-state index contributed by atoms with van der Waals surface area (Å²) >= 11 is 0. The normalized spacial score (nSPS) is 15.1. The summed E-state index contributed by atoms with van der Waals surface area (Å²) < 4.78 is 5.60. The lowest BCUT2D eigenvalue weighted by atomic mass is 9.64. The third-order valence-corrected chi connectivity index (χ3v) is 5.61. The van der Waals surface area contributed by atoms with Crippen molar-refractivity contribution in [3.63, 3.8) is 0 Å². The van der Waals surface area contributed by atoms with Crippen molar-refractivity contribution in [1.82, 2.24) is 25.1 Å². The summed E-state index contributed by atoms with van der Waals surface area (Å²) in [6.07, 6.45) is 8.33. The summed E-state index contributed by atoms with van der Waals surface area (Å²) in [6.45, 7) is 2.05. The molecular weight excluding hydrogens is 364 g/mol. The fraction of sp³-hybridized carbons (Fsp3) is 0.227. The highest BCUT2D eigenvalue weighted by molar-refractivity contribution is 5.58. The quantitative estimate of drug-likeness (QED) is 0.568. The molecule has 1 aliphatic rings. The number of rotatable bonds is 4. The van der Waals surface area contributed by atoms with E-state index in [0.29, 0.717) is 5.89 Å². The lowest BCUT2D eigenvalue weighted by Crippen LogP contribution is -2.36. The predicted molar refractivity (Wildman–Crippen MR) is 109 cm³/mol. The van der Waals surface area contributed by atoms with Gasteiger partial charge in [0, 0.05) is 29.7 Å². The van der Waals surface area contributed by atoms with E-state index in [9.17, 15) is 0 Å². The van der Waals surface area contributed by atoms with E-state index in [-0.39, 0.29) is 11.4 Å². The van der Waals surface area contributed by atoms with Gasteiger partial charge in [0.1, 0.15) is 0 Å². The molecule has 3 aromatic heterocycles. The summed E-state index contributed by atoms with van der Waals surface area (Å²) in [5.41, 5.74) is 10.1. The minimum absolute atomic E-state index is 0.241. The van der Waals surface area contributed by atoms with E-state index in [1.807, 2.05) is 37.4 Å². The van der Waals surface area contributed by atoms with E-state index >= 15 is 0 Å². The van der Waals surface area contributed by atoms with Crippen LogP contribution < -0.4 is 5.73 Å². The maximum atomic E-state index is 5.60. The molecule has 1 saturated carbocycles. The molecule has 29 heavy (non-hydrogen) atoms. The first-order valence-electron chi connectivity index (χ1n) is 9.60. The van der Waals surface area contributed by atoms with E-state index in [2.05, 4.69) is 32.2 Å². The lowest BCUT2D eigenvalue weighted by Gasteiger charge is -2.39. The Kier molecular flexibility index (Phi) is 4.08. The topological polar surface area (TPSA) is 104 Å². The maximum Gasteiger partial charge on any atom is 0.257 e. The van der Waals surface area contributed by atoms with Crippen LogP contribution >= 0.6 is 0 Å². The van der Waals surface area contributed by atoms with Gasteiger partial charge in [-0.2, -0.15) is 4.98 Å². The number of nitrogen functional groups attached to an aromatic ring is 1. The van der Waals surface area contributed by atoms with Crippen molar-refractivity contribution >= 4 is 5.95 Å². The fourth-order valence-electron chi connectivity index (χ4n) is 3.80. The Morgan fingerprint density at radius 1 is 0.966 bits per heavy atom. The highest BCUT2D eigenvalue weighted by Gasteiger charge is 2.44. The minimum atomic E-state index is -0.241. The average Bonchev–Trinajstić information content (AvgIpc) is 3.19. The molecule has 0 saturated heterocycles. The van der Waals surface area contributed by atoms with Gasteiger partial charge in [-0.3, -0.25) is 4.98 Å². The molecule has 7 heteroatoms. The van der Waals surface area contributed by atoms with Crippen LogP contribution in [-0.2, 0) is 5.41 Å². The average molecular weight is 384 g/mol. The SMILES string of the molecule is Cc1cccc(-c2nc(C3(c4ccc(-c5cnc(N)nc5)nc4)CCC3)no2)c1. The smallest absolute Gasteiger partial charge is 0.257 e. The highest BCUT2D eigenvalue weighted by atomic mass is 16.5. The van der Waals surface area contributed by atoms with Gasteiger partial charge in [0.2, 0.25) is 5.95 Å². The molecule has 5 rings (SSSR count). The summed E-state index contributed by atoms with van der Waals surface area (Å²) in [4.78, 5) is 17.4. The van der Waals surface area contributed by atoms with E-state index in [1.165, 1.54) is 0 Å². The Bertz CT molecular complexity index is 1150. The van der Waals surface area contributed by atoms with Crippen LogP contribution in [-0.4, -0.2) is 25.1 Å². The van der Waals surface area contributed by atoms with Gasteiger partial charge in [0.25, 0.3) is 5.89 Å². The Morgan fingerprint density at radius 3 is 2.45 bits per heavy atom. The highest BCUT2D eigenvalue weighted by Crippen LogP contribution is 2.48. The second-order valence-corrected chi connectivity index (χ2v) is 7.49. The lowest BCUT2D eigenvalue weighted by molar-refractivity contribution is 0.272. The Balaban J connectivity index is 1.47. The van der Waals surface area contributed by atoms with Gasteiger partial charge in [-0.15, -0.1) is 0 Å². The number of anilines is 1. The molecule has 7 nitrogen and oxygen atoms in total. The van der Waals surface area contributed by atoms with Crippen LogP contribution in [0.1, 0.15) is 36.2 Å². The zero-order valence-electron chi connectivity index (χ0n) is 16.0. The third-order valence-electron chi connectivity index (χ3n) is 5.61. The Labute approximate surface area is 168 Å². The van der Waals surface area contributed by atoms with Crippen LogP contribution in [0.5, 0.6) is 0 Å². The van der Waals surface area contributed by atoms with Gasteiger partial charge in [-0.05, 0) is 43.5 Å². The zero-order valence-corrected chi connectivity index (χ0v) is 16.0. The van der Waals surface area contributed by atoms with Crippen LogP contribution in [0.3, 0.4) is 0 Å². The molecule has 144 valence electrons. The molecule has 0 spiro atoms. The zero-order chi connectivity index (χ0) is 19.8. The summed E-state index contributed by atoms with van der Waals surface area (Å²) in [7, 11) is 0. The summed E-state index contributed by atoms with van der Waals surface area (Å²) in [6, 6.07) is 12.1. The van der Waals surface area contributed by atoms with Gasteiger partial charge in [-0.1, -0.05) is 35.3 Å². The van der Waals surface area contributed by atoms with Gasteiger partial charge in [-0.25, -0.2) is 9.97 Å². The van der Waals surface area contributed by atoms with E-state index in [4.69, 9.17) is 15.2 Å². The third kappa shape index (κ3) is 3.04. The molecule has 1 fully saturated rings. The molecule has 0 amide bonds. The van der Waals surface area contributed by atoms with Crippen LogP contribution in [0.25, 0.3) is 22.7 Å². The van der Waals surface area contributed by atoms with E-state index < -0.39 is 0 Å². The number of pyridine rings is 1. The fourth-order valence-corrected chi connectivity index (χ4v) is 3.80. The van der Waals surface area contributed by atoms with Gasteiger partial charge in [0.05, 0.1) is 11.1 Å². The van der Waals surface area contributed by atoms with Crippen LogP contribution in [0, 0.1) is 6.92 Å². The second-order valence-electron chi connectivity index (χ2n) is 7.49. The summed E-state index contributed by atoms with van der Waals surface area (Å²) in [5.74, 6) is 1.53.